The summed E-state index contributed by atoms with van der Waals surface area (Å²) in [6.45, 7) is 0. The van der Waals surface area contributed by atoms with Crippen molar-refractivity contribution in [3.05, 3.63) is 42.2 Å². The Morgan fingerprint density at radius 2 is 1.89 bits per heavy atom. The first kappa shape index (κ1) is 13.3. The number of hydrogen-bond acceptors (Lipinski definition) is 3. The third-order valence-electron chi connectivity index (χ3n) is 3.16. The second kappa shape index (κ2) is 5.65. The van der Waals surface area contributed by atoms with E-state index in [0.717, 1.165) is 0 Å². The third-order valence-corrected chi connectivity index (χ3v) is 3.16. The number of hydrogen-bond donors (Lipinski definition) is 1. The first-order chi connectivity index (χ1) is 9.08. The zero-order valence-corrected chi connectivity index (χ0v) is 10.1. The monoisotopic (exact) mass is 262 g/mol. The van der Waals surface area contributed by atoms with Crippen LogP contribution in [0.15, 0.2) is 36.4 Å². The molecular weight excluding hydrogens is 249 g/mol. The molecule has 0 heterocycles. The van der Waals surface area contributed by atoms with Gasteiger partial charge in [0.2, 0.25) is 5.91 Å². The van der Waals surface area contributed by atoms with E-state index < -0.39 is 29.5 Å². The molecule has 0 fully saturated rings. The normalized spacial score (nSPS) is 21.9. The molecule has 0 saturated heterocycles. The minimum absolute atomic E-state index is 0.281. The van der Waals surface area contributed by atoms with Crippen molar-refractivity contribution in [2.75, 3.05) is 5.32 Å². The number of aliphatic carboxylic acids is 1. The zero-order valence-electron chi connectivity index (χ0n) is 10.1. The molecule has 0 radical (unpaired) electrons. The van der Waals surface area contributed by atoms with E-state index in [9.17, 15) is 19.1 Å². The van der Waals surface area contributed by atoms with Gasteiger partial charge < -0.3 is 15.2 Å². The maximum Gasteiger partial charge on any atom is 0.228 e. The Balaban J connectivity index is 2.10. The van der Waals surface area contributed by atoms with E-state index >= 15 is 0 Å². The van der Waals surface area contributed by atoms with Crippen LogP contribution in [0.4, 0.5) is 10.1 Å². The Kier molecular flexibility index (Phi) is 3.94. The molecule has 4 nitrogen and oxygen atoms in total. The van der Waals surface area contributed by atoms with Crippen LogP contribution >= 0.6 is 0 Å². The summed E-state index contributed by atoms with van der Waals surface area (Å²) in [6, 6.07) is 5.48. The summed E-state index contributed by atoms with van der Waals surface area (Å²) in [7, 11) is 0. The second-order valence-corrected chi connectivity index (χ2v) is 4.47. The van der Waals surface area contributed by atoms with Crippen molar-refractivity contribution in [1.82, 2.24) is 0 Å². The fourth-order valence-corrected chi connectivity index (χ4v) is 2.17. The second-order valence-electron chi connectivity index (χ2n) is 4.47. The van der Waals surface area contributed by atoms with Crippen LogP contribution in [-0.4, -0.2) is 11.9 Å². The Morgan fingerprint density at radius 1 is 1.21 bits per heavy atom. The number of carboxylic acids is 1. The average Bonchev–Trinajstić information content (AvgIpc) is 2.38. The number of carbonyl (C=O) groups excluding carboxylic acids is 2. The summed E-state index contributed by atoms with van der Waals surface area (Å²) >= 11 is 0. The average molecular weight is 262 g/mol. The van der Waals surface area contributed by atoms with Gasteiger partial charge in [0, 0.05) is 17.6 Å². The number of anilines is 1. The van der Waals surface area contributed by atoms with E-state index in [0.29, 0.717) is 12.1 Å². The number of benzene rings is 1. The van der Waals surface area contributed by atoms with Crippen molar-refractivity contribution >= 4 is 17.6 Å². The number of halogens is 1. The molecule has 1 aliphatic carbocycles. The highest BCUT2D eigenvalue weighted by Gasteiger charge is 2.29. The van der Waals surface area contributed by atoms with Crippen LogP contribution in [-0.2, 0) is 9.59 Å². The molecule has 1 aromatic rings. The van der Waals surface area contributed by atoms with Gasteiger partial charge in [0.05, 0.1) is 5.92 Å². The number of carbonyl (C=O) groups is 2. The van der Waals surface area contributed by atoms with Crippen LogP contribution in [0.1, 0.15) is 12.8 Å². The molecule has 5 heteroatoms. The van der Waals surface area contributed by atoms with Crippen molar-refractivity contribution in [3.63, 3.8) is 0 Å². The lowest BCUT2D eigenvalue weighted by Gasteiger charge is -2.28. The lowest BCUT2D eigenvalue weighted by atomic mass is 9.82. The van der Waals surface area contributed by atoms with Gasteiger partial charge in [0.25, 0.3) is 0 Å². The van der Waals surface area contributed by atoms with Crippen LogP contribution in [0, 0.1) is 17.7 Å². The van der Waals surface area contributed by atoms with Gasteiger partial charge in [-0.2, -0.15) is 0 Å². The molecule has 1 aromatic carbocycles. The molecule has 0 saturated carbocycles. The fraction of sp³-hybridized carbons (Fsp3) is 0.286. The maximum atomic E-state index is 13.0. The summed E-state index contributed by atoms with van der Waals surface area (Å²) in [6.07, 6.45) is 4.13. The van der Waals surface area contributed by atoms with Crippen molar-refractivity contribution in [2.24, 2.45) is 11.8 Å². The molecule has 2 rings (SSSR count). The maximum absolute atomic E-state index is 13.0. The summed E-state index contributed by atoms with van der Waals surface area (Å²) in [4.78, 5) is 23.0. The molecule has 2 atom stereocenters. The summed E-state index contributed by atoms with van der Waals surface area (Å²) in [5, 5.41) is 13.5. The van der Waals surface area contributed by atoms with Gasteiger partial charge >= 0.3 is 0 Å². The standard InChI is InChI=1S/C14H14FNO3/c15-9-4-3-5-10(8-9)16-13(17)11-6-1-2-7-12(11)14(18)19/h1-5,8,11-12H,6-7H2,(H,16,17)(H,18,19)/p-1/t11-,12-/m1/s1. The minimum atomic E-state index is -1.23. The summed E-state index contributed by atoms with van der Waals surface area (Å²) < 4.78 is 13.0. The minimum Gasteiger partial charge on any atom is -0.550 e. The molecule has 1 aliphatic rings. The van der Waals surface area contributed by atoms with Crippen molar-refractivity contribution < 1.29 is 19.1 Å². The Labute approximate surface area is 109 Å². The van der Waals surface area contributed by atoms with Crippen molar-refractivity contribution in [2.45, 2.75) is 12.8 Å². The Morgan fingerprint density at radius 3 is 2.53 bits per heavy atom. The number of carboxylic acid groups (broad SMARTS) is 1. The van der Waals surface area contributed by atoms with Gasteiger partial charge in [0.15, 0.2) is 0 Å². The zero-order chi connectivity index (χ0) is 13.8. The highest BCUT2D eigenvalue weighted by atomic mass is 19.1. The van der Waals surface area contributed by atoms with Crippen molar-refractivity contribution in [1.29, 1.82) is 0 Å². The van der Waals surface area contributed by atoms with E-state index in [2.05, 4.69) is 5.32 Å². The number of nitrogens with one attached hydrogen (secondary N) is 1. The summed E-state index contributed by atoms with van der Waals surface area (Å²) in [5.74, 6) is -3.64. The molecule has 0 bridgehead atoms. The molecule has 19 heavy (non-hydrogen) atoms. The molecule has 1 N–H and O–H groups in total. The first-order valence-corrected chi connectivity index (χ1v) is 6.00. The van der Waals surface area contributed by atoms with Crippen LogP contribution in [0.25, 0.3) is 0 Å². The molecule has 100 valence electrons. The molecule has 0 spiro atoms. The van der Waals surface area contributed by atoms with Gasteiger partial charge in [-0.3, -0.25) is 4.79 Å². The highest BCUT2D eigenvalue weighted by molar-refractivity contribution is 5.95. The van der Waals surface area contributed by atoms with E-state index in [1.54, 1.807) is 18.2 Å². The van der Waals surface area contributed by atoms with Gasteiger partial charge in [-0.05, 0) is 31.0 Å². The largest absolute Gasteiger partial charge is 0.550 e. The predicted molar refractivity (Wildman–Crippen MR) is 65.4 cm³/mol. The SMILES string of the molecule is O=C([O-])[C@@H]1CC=CC[C@H]1C(=O)Nc1cccc(F)c1. The molecule has 0 aromatic heterocycles. The fourth-order valence-electron chi connectivity index (χ4n) is 2.17. The summed E-state index contributed by atoms with van der Waals surface area (Å²) in [5.41, 5.74) is 0.316. The molecule has 0 unspecified atom stereocenters. The Bertz CT molecular complexity index is 527. The van der Waals surface area contributed by atoms with E-state index in [4.69, 9.17) is 0 Å². The van der Waals surface area contributed by atoms with E-state index in [-0.39, 0.29) is 6.42 Å². The van der Waals surface area contributed by atoms with E-state index in [1.165, 1.54) is 18.2 Å². The number of amides is 1. The quantitative estimate of drug-likeness (QED) is 0.829. The van der Waals surface area contributed by atoms with Crippen LogP contribution in [0.5, 0.6) is 0 Å². The van der Waals surface area contributed by atoms with Crippen LogP contribution in [0.3, 0.4) is 0 Å². The van der Waals surface area contributed by atoms with Gasteiger partial charge in [-0.15, -0.1) is 0 Å². The van der Waals surface area contributed by atoms with Crippen molar-refractivity contribution in [3.8, 4) is 0 Å². The molecular formula is C14H13FNO3-. The number of allylic oxidation sites excluding steroid dienone is 2. The molecule has 0 aliphatic heterocycles. The van der Waals surface area contributed by atoms with Gasteiger partial charge in [-0.1, -0.05) is 18.2 Å². The molecule has 1 amide bonds. The van der Waals surface area contributed by atoms with E-state index in [1.807, 2.05) is 0 Å². The third kappa shape index (κ3) is 3.19. The first-order valence-electron chi connectivity index (χ1n) is 6.00. The Hall–Kier alpha value is -2.17. The number of rotatable bonds is 3. The van der Waals surface area contributed by atoms with Crippen LogP contribution < -0.4 is 10.4 Å². The topological polar surface area (TPSA) is 69.2 Å². The predicted octanol–water partition coefficient (Wildman–Crippen LogP) is 1.10. The van der Waals surface area contributed by atoms with Gasteiger partial charge in [-0.25, -0.2) is 4.39 Å². The van der Waals surface area contributed by atoms with Crippen LogP contribution in [0.2, 0.25) is 0 Å². The van der Waals surface area contributed by atoms with Gasteiger partial charge in [0.1, 0.15) is 5.82 Å². The smallest absolute Gasteiger partial charge is 0.228 e. The lowest BCUT2D eigenvalue weighted by molar-refractivity contribution is -0.313. The highest BCUT2D eigenvalue weighted by Crippen LogP contribution is 2.26. The lowest BCUT2D eigenvalue weighted by Crippen LogP contribution is -2.41.